The molecule has 0 aliphatic heterocycles. The van der Waals surface area contributed by atoms with Gasteiger partial charge in [-0.25, -0.2) is 13.6 Å². The third kappa shape index (κ3) is 6.50. The van der Waals surface area contributed by atoms with Crippen LogP contribution in [0.25, 0.3) is 0 Å². The van der Waals surface area contributed by atoms with Crippen molar-refractivity contribution in [2.24, 2.45) is 5.14 Å². The lowest BCUT2D eigenvalue weighted by Crippen LogP contribution is -2.26. The van der Waals surface area contributed by atoms with E-state index in [1.165, 1.54) is 12.1 Å². The molecule has 3 aromatic carbocycles. The highest BCUT2D eigenvalue weighted by molar-refractivity contribution is 7.89. The summed E-state index contributed by atoms with van der Waals surface area (Å²) in [5.41, 5.74) is 2.97. The second-order valence-electron chi connectivity index (χ2n) is 7.32. The Hall–Kier alpha value is -3.49. The molecule has 0 aliphatic carbocycles. The van der Waals surface area contributed by atoms with Crippen molar-refractivity contribution in [3.05, 3.63) is 95.6 Å². The van der Waals surface area contributed by atoms with Gasteiger partial charge in [-0.3, -0.25) is 9.59 Å². The minimum atomic E-state index is -3.77. The van der Waals surface area contributed by atoms with Gasteiger partial charge in [-0.2, -0.15) is 0 Å². The van der Waals surface area contributed by atoms with Crippen molar-refractivity contribution in [2.45, 2.75) is 30.8 Å². The van der Waals surface area contributed by atoms with E-state index in [4.69, 9.17) is 9.88 Å². The molecule has 1 atom stereocenters. The highest BCUT2D eigenvalue weighted by atomic mass is 32.2. The Morgan fingerprint density at radius 1 is 0.938 bits per heavy atom. The van der Waals surface area contributed by atoms with Crippen molar-refractivity contribution in [1.82, 2.24) is 0 Å². The third-order valence-electron chi connectivity index (χ3n) is 4.78. The summed E-state index contributed by atoms with van der Waals surface area (Å²) in [4.78, 5) is 25.4. The highest BCUT2D eigenvalue weighted by Crippen LogP contribution is 2.21. The zero-order valence-corrected chi connectivity index (χ0v) is 18.3. The van der Waals surface area contributed by atoms with Gasteiger partial charge in [0.15, 0.2) is 0 Å². The summed E-state index contributed by atoms with van der Waals surface area (Å²) in [6.45, 7) is 1.95. The Bertz CT molecular complexity index is 1180. The van der Waals surface area contributed by atoms with E-state index in [0.29, 0.717) is 17.7 Å². The van der Waals surface area contributed by atoms with Crippen molar-refractivity contribution in [3.63, 3.8) is 0 Å². The first-order valence-electron chi connectivity index (χ1n) is 9.96. The normalized spacial score (nSPS) is 12.1. The smallest absolute Gasteiger partial charge is 0.307 e. The van der Waals surface area contributed by atoms with Crippen molar-refractivity contribution in [3.8, 4) is 0 Å². The zero-order valence-electron chi connectivity index (χ0n) is 17.5. The molecule has 7 nitrogen and oxygen atoms in total. The van der Waals surface area contributed by atoms with E-state index >= 15 is 0 Å². The number of aryl methyl sites for hydroxylation is 2. The number of primary sulfonamides is 1. The number of carbonyl (C=O) groups excluding carboxylic acids is 2. The van der Waals surface area contributed by atoms with Crippen LogP contribution in [0.2, 0.25) is 0 Å². The quantitative estimate of drug-likeness (QED) is 0.508. The third-order valence-corrected chi connectivity index (χ3v) is 5.71. The summed E-state index contributed by atoms with van der Waals surface area (Å²) >= 11 is 0. The van der Waals surface area contributed by atoms with Crippen LogP contribution in [0.3, 0.4) is 0 Å². The lowest BCUT2D eigenvalue weighted by Gasteiger charge is -2.18. The summed E-state index contributed by atoms with van der Waals surface area (Å²) in [6.07, 6.45) is -0.754. The van der Waals surface area contributed by atoms with Gasteiger partial charge in [0.25, 0.3) is 5.91 Å². The molecule has 0 saturated heterocycles. The molecule has 32 heavy (non-hydrogen) atoms. The van der Waals surface area contributed by atoms with Crippen LogP contribution in [0.1, 0.15) is 29.2 Å². The lowest BCUT2D eigenvalue weighted by molar-refractivity contribution is -0.154. The number of benzene rings is 3. The molecule has 1 amide bonds. The molecule has 0 bridgehead atoms. The van der Waals surface area contributed by atoms with Crippen LogP contribution in [0.15, 0.2) is 83.8 Å². The minimum absolute atomic E-state index is 0.000690. The average molecular weight is 453 g/mol. The average Bonchev–Trinajstić information content (AvgIpc) is 2.78. The molecule has 0 spiro atoms. The number of anilines is 1. The summed E-state index contributed by atoms with van der Waals surface area (Å²) in [5, 5.41) is 7.87. The van der Waals surface area contributed by atoms with E-state index in [0.717, 1.165) is 11.1 Å². The number of ether oxygens (including phenoxy) is 1. The van der Waals surface area contributed by atoms with Gasteiger partial charge >= 0.3 is 5.97 Å². The van der Waals surface area contributed by atoms with Crippen LogP contribution in [0.5, 0.6) is 0 Å². The van der Waals surface area contributed by atoms with Gasteiger partial charge in [-0.1, -0.05) is 60.2 Å². The van der Waals surface area contributed by atoms with Gasteiger partial charge in [0.05, 0.1) is 4.90 Å². The molecule has 0 aromatic heterocycles. The van der Waals surface area contributed by atoms with Crippen molar-refractivity contribution in [1.29, 1.82) is 0 Å². The van der Waals surface area contributed by atoms with Gasteiger partial charge in [-0.15, -0.1) is 0 Å². The van der Waals surface area contributed by atoms with Gasteiger partial charge in [0.1, 0.15) is 0 Å². The molecule has 0 saturated carbocycles. The highest BCUT2D eigenvalue weighted by Gasteiger charge is 2.25. The van der Waals surface area contributed by atoms with Crippen LogP contribution in [0, 0.1) is 6.92 Å². The Balaban J connectivity index is 1.67. The predicted molar refractivity (Wildman–Crippen MR) is 121 cm³/mol. The van der Waals surface area contributed by atoms with Crippen LogP contribution >= 0.6 is 0 Å². The van der Waals surface area contributed by atoms with Gasteiger partial charge in [-0.05, 0) is 43.2 Å². The first-order chi connectivity index (χ1) is 15.2. The summed E-state index contributed by atoms with van der Waals surface area (Å²) in [6, 6.07) is 22.0. The van der Waals surface area contributed by atoms with Crippen LogP contribution in [0.4, 0.5) is 5.69 Å². The SMILES string of the molecule is Cc1ccc(NC(=O)C(OC(=O)CCc2ccc(S(N)(=O)=O)cc2)c2ccccc2)cc1. The summed E-state index contributed by atoms with van der Waals surface area (Å²) in [5.74, 6) is -1.00. The van der Waals surface area contributed by atoms with Crippen LogP contribution in [-0.2, 0) is 30.8 Å². The van der Waals surface area contributed by atoms with Gasteiger partial charge < -0.3 is 10.1 Å². The molecule has 0 heterocycles. The van der Waals surface area contributed by atoms with Gasteiger partial charge in [0, 0.05) is 17.7 Å². The Labute approximate surface area is 187 Å². The zero-order chi connectivity index (χ0) is 23.1. The fraction of sp³-hybridized carbons (Fsp3) is 0.167. The molecule has 0 aliphatic rings. The number of sulfonamides is 1. The van der Waals surface area contributed by atoms with Crippen LogP contribution in [-0.4, -0.2) is 20.3 Å². The molecule has 3 rings (SSSR count). The van der Waals surface area contributed by atoms with E-state index in [-0.39, 0.29) is 11.3 Å². The molecular formula is C24H24N2O5S. The number of nitrogens with two attached hydrogens (primary N) is 1. The van der Waals surface area contributed by atoms with Gasteiger partial charge in [0.2, 0.25) is 16.1 Å². The van der Waals surface area contributed by atoms with Crippen molar-refractivity contribution >= 4 is 27.6 Å². The number of esters is 1. The molecule has 166 valence electrons. The Morgan fingerprint density at radius 3 is 2.16 bits per heavy atom. The maximum absolute atomic E-state index is 12.9. The fourth-order valence-electron chi connectivity index (χ4n) is 3.03. The molecule has 3 aromatic rings. The number of nitrogens with one attached hydrogen (secondary N) is 1. The number of hydrogen-bond donors (Lipinski definition) is 2. The Kier molecular flexibility index (Phi) is 7.40. The summed E-state index contributed by atoms with van der Waals surface area (Å²) in [7, 11) is -3.77. The van der Waals surface area contributed by atoms with E-state index in [1.807, 2.05) is 25.1 Å². The second kappa shape index (κ2) is 10.2. The largest absolute Gasteiger partial charge is 0.447 e. The minimum Gasteiger partial charge on any atom is -0.447 e. The first-order valence-corrected chi connectivity index (χ1v) is 11.5. The second-order valence-corrected chi connectivity index (χ2v) is 8.89. The molecule has 0 radical (unpaired) electrons. The molecule has 1 unspecified atom stereocenters. The van der Waals surface area contributed by atoms with Crippen molar-refractivity contribution in [2.75, 3.05) is 5.32 Å². The van der Waals surface area contributed by atoms with E-state index in [2.05, 4.69) is 5.32 Å². The molecule has 0 fully saturated rings. The first kappa shape index (κ1) is 23.2. The topological polar surface area (TPSA) is 116 Å². The monoisotopic (exact) mass is 452 g/mol. The lowest BCUT2D eigenvalue weighted by atomic mass is 10.1. The number of carbonyl (C=O) groups is 2. The summed E-state index contributed by atoms with van der Waals surface area (Å²) < 4.78 is 28.2. The number of hydrogen-bond acceptors (Lipinski definition) is 5. The van der Waals surface area contributed by atoms with E-state index in [9.17, 15) is 18.0 Å². The maximum atomic E-state index is 12.9. The Morgan fingerprint density at radius 2 is 1.56 bits per heavy atom. The van der Waals surface area contributed by atoms with Crippen LogP contribution < -0.4 is 10.5 Å². The van der Waals surface area contributed by atoms with Crippen molar-refractivity contribution < 1.29 is 22.7 Å². The number of rotatable bonds is 8. The molecule has 8 heteroatoms. The fourth-order valence-corrected chi connectivity index (χ4v) is 3.54. The number of amides is 1. The predicted octanol–water partition coefficient (Wildman–Crippen LogP) is 3.50. The molecule has 3 N–H and O–H groups in total. The van der Waals surface area contributed by atoms with E-state index in [1.54, 1.807) is 48.5 Å². The van der Waals surface area contributed by atoms with E-state index < -0.39 is 28.0 Å². The maximum Gasteiger partial charge on any atom is 0.307 e. The standard InChI is InChI=1S/C24H24N2O5S/c1-17-7-12-20(13-8-17)26-24(28)23(19-5-3-2-4-6-19)31-22(27)16-11-18-9-14-21(15-10-18)32(25,29)30/h2-10,12-15,23H,11,16H2,1H3,(H,26,28)(H2,25,29,30). The molecular weight excluding hydrogens is 428 g/mol.